The number of hydrogen-bond donors (Lipinski definition) is 1. The van der Waals surface area contributed by atoms with E-state index in [4.69, 9.17) is 4.74 Å². The molecule has 1 atom stereocenters. The van der Waals surface area contributed by atoms with Crippen molar-refractivity contribution in [3.63, 3.8) is 0 Å². The van der Waals surface area contributed by atoms with Crippen molar-refractivity contribution in [1.29, 1.82) is 0 Å². The van der Waals surface area contributed by atoms with Crippen molar-refractivity contribution >= 4 is 0 Å². The maximum absolute atomic E-state index is 14.3. The molecule has 0 bridgehead atoms. The summed E-state index contributed by atoms with van der Waals surface area (Å²) in [6, 6.07) is 21.5. The Balaban J connectivity index is 1.73. The molecule has 3 heteroatoms. The van der Waals surface area contributed by atoms with Gasteiger partial charge in [0.05, 0.1) is 7.11 Å². The Morgan fingerprint density at radius 3 is 2.31 bits per heavy atom. The Labute approximate surface area is 154 Å². The number of rotatable bonds is 6. The molecule has 0 heterocycles. The van der Waals surface area contributed by atoms with E-state index >= 15 is 0 Å². The van der Waals surface area contributed by atoms with Gasteiger partial charge in [0.15, 0.2) is 0 Å². The molecule has 0 saturated heterocycles. The van der Waals surface area contributed by atoms with Crippen molar-refractivity contribution in [1.82, 2.24) is 5.32 Å². The second-order valence-electron chi connectivity index (χ2n) is 6.56. The monoisotopic (exact) mass is 349 g/mol. The van der Waals surface area contributed by atoms with Gasteiger partial charge < -0.3 is 10.1 Å². The van der Waals surface area contributed by atoms with E-state index in [0.717, 1.165) is 16.9 Å². The largest absolute Gasteiger partial charge is 0.497 e. The molecule has 0 aromatic heterocycles. The van der Waals surface area contributed by atoms with Gasteiger partial charge in [0.1, 0.15) is 11.6 Å². The van der Waals surface area contributed by atoms with Crippen molar-refractivity contribution < 1.29 is 9.13 Å². The first-order valence-corrected chi connectivity index (χ1v) is 8.79. The first-order chi connectivity index (χ1) is 12.6. The minimum absolute atomic E-state index is 0.217. The zero-order valence-electron chi connectivity index (χ0n) is 15.4. The van der Waals surface area contributed by atoms with E-state index in [0.29, 0.717) is 12.1 Å². The fourth-order valence-electron chi connectivity index (χ4n) is 2.92. The molecule has 0 spiro atoms. The second kappa shape index (κ2) is 8.15. The van der Waals surface area contributed by atoms with Crippen LogP contribution in [-0.2, 0) is 6.54 Å². The summed E-state index contributed by atoms with van der Waals surface area (Å²) in [7, 11) is 1.62. The van der Waals surface area contributed by atoms with Gasteiger partial charge in [-0.2, -0.15) is 0 Å². The summed E-state index contributed by atoms with van der Waals surface area (Å²) in [5, 5.41) is 3.51. The average molecular weight is 349 g/mol. The van der Waals surface area contributed by atoms with Gasteiger partial charge in [-0.25, -0.2) is 4.39 Å². The van der Waals surface area contributed by atoms with E-state index in [1.54, 1.807) is 7.11 Å². The molecule has 3 rings (SSSR count). The maximum atomic E-state index is 14.3. The van der Waals surface area contributed by atoms with E-state index < -0.39 is 0 Å². The molecule has 0 radical (unpaired) electrons. The van der Waals surface area contributed by atoms with Crippen molar-refractivity contribution in [3.8, 4) is 16.9 Å². The SMILES string of the molecule is COc1ccc(-c2cc(CNC(C)c3ccc(C)cc3)ccc2F)cc1. The van der Waals surface area contributed by atoms with Crippen molar-refractivity contribution in [2.45, 2.75) is 26.4 Å². The van der Waals surface area contributed by atoms with E-state index in [2.05, 4.69) is 43.4 Å². The molecule has 3 aromatic rings. The topological polar surface area (TPSA) is 21.3 Å². The standard InChI is InChI=1S/C23H24FNO/c1-16-4-7-19(8-5-16)17(2)25-15-18-6-13-23(24)22(14-18)20-9-11-21(26-3)12-10-20/h4-14,17,25H,15H2,1-3H3. The molecule has 0 aliphatic carbocycles. The fourth-order valence-corrected chi connectivity index (χ4v) is 2.92. The molecule has 1 N–H and O–H groups in total. The summed E-state index contributed by atoms with van der Waals surface area (Å²) in [5.41, 5.74) is 5.00. The number of benzene rings is 3. The third-order valence-corrected chi connectivity index (χ3v) is 4.62. The lowest BCUT2D eigenvalue weighted by Crippen LogP contribution is -2.18. The molecule has 0 saturated carbocycles. The fraction of sp³-hybridized carbons (Fsp3) is 0.217. The highest BCUT2D eigenvalue weighted by Gasteiger charge is 2.09. The molecule has 1 unspecified atom stereocenters. The van der Waals surface area contributed by atoms with Crippen LogP contribution in [0, 0.1) is 12.7 Å². The molecule has 26 heavy (non-hydrogen) atoms. The van der Waals surface area contributed by atoms with Crippen molar-refractivity contribution in [3.05, 3.63) is 89.2 Å². The van der Waals surface area contributed by atoms with Crippen LogP contribution < -0.4 is 10.1 Å². The van der Waals surface area contributed by atoms with Gasteiger partial charge in [-0.1, -0.05) is 48.0 Å². The Morgan fingerprint density at radius 2 is 1.65 bits per heavy atom. The minimum Gasteiger partial charge on any atom is -0.497 e. The number of ether oxygens (including phenoxy) is 1. The van der Waals surface area contributed by atoms with Gasteiger partial charge in [0, 0.05) is 18.2 Å². The van der Waals surface area contributed by atoms with Gasteiger partial charge in [0.25, 0.3) is 0 Å². The van der Waals surface area contributed by atoms with Crippen LogP contribution in [0.3, 0.4) is 0 Å². The summed E-state index contributed by atoms with van der Waals surface area (Å²) in [6.07, 6.45) is 0. The van der Waals surface area contributed by atoms with Crippen molar-refractivity contribution in [2.24, 2.45) is 0 Å². The average Bonchev–Trinajstić information content (AvgIpc) is 2.68. The molecule has 134 valence electrons. The van der Waals surface area contributed by atoms with E-state index in [-0.39, 0.29) is 11.9 Å². The molecule has 0 fully saturated rings. The van der Waals surface area contributed by atoms with Crippen LogP contribution in [0.25, 0.3) is 11.1 Å². The molecule has 0 aliphatic rings. The maximum Gasteiger partial charge on any atom is 0.131 e. The van der Waals surface area contributed by atoms with Crippen LogP contribution in [-0.4, -0.2) is 7.11 Å². The third-order valence-electron chi connectivity index (χ3n) is 4.62. The predicted molar refractivity (Wildman–Crippen MR) is 105 cm³/mol. The van der Waals surface area contributed by atoms with E-state index in [1.165, 1.54) is 17.2 Å². The minimum atomic E-state index is -0.217. The van der Waals surface area contributed by atoms with Crippen LogP contribution in [0.1, 0.15) is 29.7 Å². The van der Waals surface area contributed by atoms with Crippen LogP contribution in [0.5, 0.6) is 5.75 Å². The Kier molecular flexibility index (Phi) is 5.69. The van der Waals surface area contributed by atoms with Crippen LogP contribution in [0.15, 0.2) is 66.7 Å². The molecular formula is C23H24FNO. The lowest BCUT2D eigenvalue weighted by atomic mass is 10.0. The van der Waals surface area contributed by atoms with Crippen LogP contribution in [0.4, 0.5) is 4.39 Å². The lowest BCUT2D eigenvalue weighted by molar-refractivity contribution is 0.415. The molecular weight excluding hydrogens is 325 g/mol. The molecule has 0 aliphatic heterocycles. The van der Waals surface area contributed by atoms with E-state index in [1.807, 2.05) is 36.4 Å². The van der Waals surface area contributed by atoms with Crippen LogP contribution in [0.2, 0.25) is 0 Å². The lowest BCUT2D eigenvalue weighted by Gasteiger charge is -2.15. The molecule has 0 amide bonds. The number of methoxy groups -OCH3 is 1. The van der Waals surface area contributed by atoms with Crippen molar-refractivity contribution in [2.75, 3.05) is 7.11 Å². The normalized spacial score (nSPS) is 12.0. The Morgan fingerprint density at radius 1 is 0.962 bits per heavy atom. The third kappa shape index (κ3) is 4.30. The van der Waals surface area contributed by atoms with Gasteiger partial charge in [0.2, 0.25) is 0 Å². The van der Waals surface area contributed by atoms with Gasteiger partial charge in [-0.05, 0) is 54.8 Å². The summed E-state index contributed by atoms with van der Waals surface area (Å²) in [6.45, 7) is 4.90. The second-order valence-corrected chi connectivity index (χ2v) is 6.56. The summed E-state index contributed by atoms with van der Waals surface area (Å²) in [5.74, 6) is 0.546. The highest BCUT2D eigenvalue weighted by Crippen LogP contribution is 2.26. The number of nitrogens with one attached hydrogen (secondary N) is 1. The Bertz CT molecular complexity index is 856. The number of hydrogen-bond acceptors (Lipinski definition) is 2. The smallest absolute Gasteiger partial charge is 0.131 e. The first-order valence-electron chi connectivity index (χ1n) is 8.79. The zero-order chi connectivity index (χ0) is 18.5. The molecule has 2 nitrogen and oxygen atoms in total. The Hall–Kier alpha value is -2.65. The van der Waals surface area contributed by atoms with Gasteiger partial charge in [-0.3, -0.25) is 0 Å². The van der Waals surface area contributed by atoms with Gasteiger partial charge >= 0.3 is 0 Å². The molecule has 3 aromatic carbocycles. The number of aryl methyl sites for hydroxylation is 1. The quantitative estimate of drug-likeness (QED) is 0.620. The van der Waals surface area contributed by atoms with Gasteiger partial charge in [-0.15, -0.1) is 0 Å². The summed E-state index contributed by atoms with van der Waals surface area (Å²) < 4.78 is 19.5. The summed E-state index contributed by atoms with van der Waals surface area (Å²) in [4.78, 5) is 0. The number of halogens is 1. The zero-order valence-corrected chi connectivity index (χ0v) is 15.4. The van der Waals surface area contributed by atoms with E-state index in [9.17, 15) is 4.39 Å². The highest BCUT2D eigenvalue weighted by molar-refractivity contribution is 5.65. The highest BCUT2D eigenvalue weighted by atomic mass is 19.1. The summed E-state index contributed by atoms with van der Waals surface area (Å²) >= 11 is 0. The van der Waals surface area contributed by atoms with Crippen LogP contribution >= 0.6 is 0 Å². The predicted octanol–water partition coefficient (Wildman–Crippen LogP) is 5.66. The first kappa shape index (κ1) is 18.2.